The van der Waals surface area contributed by atoms with E-state index >= 15 is 0 Å². The summed E-state index contributed by atoms with van der Waals surface area (Å²) >= 11 is 0. The van der Waals surface area contributed by atoms with Crippen LogP contribution in [0.2, 0.25) is 0 Å². The third-order valence-electron chi connectivity index (χ3n) is 7.34. The lowest BCUT2D eigenvalue weighted by atomic mass is 9.67. The van der Waals surface area contributed by atoms with Crippen molar-refractivity contribution in [2.24, 2.45) is 4.99 Å². The molecule has 0 aliphatic carbocycles. The lowest BCUT2D eigenvalue weighted by Gasteiger charge is -2.36. The second kappa shape index (κ2) is 14.1. The van der Waals surface area contributed by atoms with Gasteiger partial charge in [0.2, 0.25) is 0 Å². The molecule has 2 N–H and O–H groups in total. The van der Waals surface area contributed by atoms with Crippen molar-refractivity contribution in [3.05, 3.63) is 108 Å². The zero-order valence-corrected chi connectivity index (χ0v) is 21.7. The van der Waals surface area contributed by atoms with Crippen molar-refractivity contribution in [3.63, 3.8) is 0 Å². The molecule has 1 saturated heterocycles. The molecule has 6 heteroatoms. The highest BCUT2D eigenvalue weighted by atomic mass is 16.6. The third kappa shape index (κ3) is 7.32. The van der Waals surface area contributed by atoms with E-state index in [0.29, 0.717) is 6.42 Å². The molecule has 0 unspecified atom stereocenters. The Kier molecular flexibility index (Phi) is 10.4. The number of fused-ring (bicyclic) bond motifs is 1. The molecule has 2 aliphatic rings. The fraction of sp³-hybridized carbons (Fsp3) is 0.387. The molecule has 0 bridgehead atoms. The predicted molar refractivity (Wildman–Crippen MR) is 152 cm³/mol. The van der Waals surface area contributed by atoms with Crippen LogP contribution in [-0.4, -0.2) is 54.3 Å². The number of hydrogen-bond acceptors (Lipinski definition) is 5. The zero-order chi connectivity index (χ0) is 25.8. The van der Waals surface area contributed by atoms with E-state index in [4.69, 9.17) is 14.7 Å². The molecule has 0 atom stereocenters. The van der Waals surface area contributed by atoms with Crippen LogP contribution < -0.4 is 0 Å². The van der Waals surface area contributed by atoms with Crippen LogP contribution >= 0.6 is 0 Å². The van der Waals surface area contributed by atoms with Crippen LogP contribution in [0.5, 0.6) is 0 Å². The van der Waals surface area contributed by atoms with Gasteiger partial charge in [-0.05, 0) is 48.8 Å². The summed E-state index contributed by atoms with van der Waals surface area (Å²) in [5.74, 6) is 1.40. The van der Waals surface area contributed by atoms with Crippen LogP contribution in [0.4, 0.5) is 0 Å². The van der Waals surface area contributed by atoms with E-state index in [1.54, 1.807) is 0 Å². The molecule has 5 rings (SSSR count). The van der Waals surface area contributed by atoms with Crippen molar-refractivity contribution in [2.75, 3.05) is 26.2 Å². The predicted octanol–water partition coefficient (Wildman–Crippen LogP) is 5.45. The topological polar surface area (TPSA) is 65.3 Å². The van der Waals surface area contributed by atoms with Crippen molar-refractivity contribution in [1.29, 1.82) is 0 Å². The summed E-state index contributed by atoms with van der Waals surface area (Å²) in [6, 6.07) is 31.4. The minimum Gasteiger partial charge on any atom is -0.402 e. The summed E-state index contributed by atoms with van der Waals surface area (Å²) < 4.78 is 4.96. The average Bonchev–Trinajstić information content (AvgIpc) is 3.21. The van der Waals surface area contributed by atoms with Gasteiger partial charge in [0, 0.05) is 38.1 Å². The second-order valence-electron chi connectivity index (χ2n) is 9.75. The Hall–Kier alpha value is -2.93. The molecule has 0 radical (unpaired) electrons. The molecular weight excluding hydrogens is 459 g/mol. The Morgan fingerprint density at radius 2 is 1.27 bits per heavy atom. The van der Waals surface area contributed by atoms with Crippen LogP contribution in [-0.2, 0) is 10.1 Å². The summed E-state index contributed by atoms with van der Waals surface area (Å²) in [4.78, 5) is 7.04. The Bertz CT molecular complexity index is 981. The molecule has 3 aromatic rings. The average molecular weight is 498 g/mol. The SMILES string of the molecule is C1CCC2=NCCCN2CC1.OB(O)OCCCC(c1ccccc1)(c1ccccc1)c1ccccc1. The molecular formula is C31H39BN2O3. The van der Waals surface area contributed by atoms with E-state index in [2.05, 4.69) is 82.7 Å². The lowest BCUT2D eigenvalue weighted by molar-refractivity contribution is 0.179. The summed E-state index contributed by atoms with van der Waals surface area (Å²) in [7, 11) is -1.73. The van der Waals surface area contributed by atoms with E-state index in [-0.39, 0.29) is 12.0 Å². The van der Waals surface area contributed by atoms with Crippen molar-refractivity contribution < 1.29 is 14.7 Å². The first-order chi connectivity index (χ1) is 18.2. The van der Waals surface area contributed by atoms with Gasteiger partial charge in [0.05, 0.1) is 5.84 Å². The molecule has 0 aromatic heterocycles. The summed E-state index contributed by atoms with van der Waals surface area (Å²) in [6.45, 7) is 3.88. The molecule has 37 heavy (non-hydrogen) atoms. The van der Waals surface area contributed by atoms with Crippen molar-refractivity contribution in [2.45, 2.75) is 50.4 Å². The maximum absolute atomic E-state index is 8.97. The van der Waals surface area contributed by atoms with Crippen molar-refractivity contribution in [1.82, 2.24) is 4.90 Å². The van der Waals surface area contributed by atoms with E-state index in [0.717, 1.165) is 13.0 Å². The molecule has 2 heterocycles. The summed E-state index contributed by atoms with van der Waals surface area (Å²) in [6.07, 6.45) is 8.11. The molecule has 2 aliphatic heterocycles. The van der Waals surface area contributed by atoms with Crippen LogP contribution in [0, 0.1) is 0 Å². The van der Waals surface area contributed by atoms with Gasteiger partial charge in [-0.3, -0.25) is 4.99 Å². The van der Waals surface area contributed by atoms with Gasteiger partial charge in [0.25, 0.3) is 0 Å². The van der Waals surface area contributed by atoms with Gasteiger partial charge in [0.1, 0.15) is 0 Å². The Balaban J connectivity index is 0.000000241. The van der Waals surface area contributed by atoms with Gasteiger partial charge in [-0.25, -0.2) is 0 Å². The van der Waals surface area contributed by atoms with Crippen LogP contribution in [0.15, 0.2) is 96.0 Å². The monoisotopic (exact) mass is 498 g/mol. The fourth-order valence-electron chi connectivity index (χ4n) is 5.57. The van der Waals surface area contributed by atoms with Gasteiger partial charge in [-0.1, -0.05) is 97.4 Å². The minimum absolute atomic E-state index is 0.284. The van der Waals surface area contributed by atoms with Crippen molar-refractivity contribution in [3.8, 4) is 0 Å². The van der Waals surface area contributed by atoms with Crippen molar-refractivity contribution >= 4 is 13.2 Å². The second-order valence-corrected chi connectivity index (χ2v) is 9.75. The van der Waals surface area contributed by atoms with Gasteiger partial charge in [0.15, 0.2) is 0 Å². The molecule has 3 aromatic carbocycles. The van der Waals surface area contributed by atoms with E-state index < -0.39 is 7.32 Å². The first-order valence-corrected chi connectivity index (χ1v) is 13.6. The highest BCUT2D eigenvalue weighted by molar-refractivity contribution is 6.32. The first-order valence-electron chi connectivity index (χ1n) is 13.6. The number of hydrogen-bond donors (Lipinski definition) is 2. The largest absolute Gasteiger partial charge is 0.633 e. The van der Waals surface area contributed by atoms with E-state index in [9.17, 15) is 0 Å². The Labute approximate surface area is 222 Å². The maximum Gasteiger partial charge on any atom is 0.633 e. The third-order valence-corrected chi connectivity index (χ3v) is 7.34. The number of rotatable bonds is 8. The fourth-order valence-corrected chi connectivity index (χ4v) is 5.57. The highest BCUT2D eigenvalue weighted by Crippen LogP contribution is 2.42. The number of aliphatic imine (C=N–C) groups is 1. The Morgan fingerprint density at radius 1 is 0.730 bits per heavy atom. The molecule has 0 spiro atoms. The first kappa shape index (κ1) is 27.1. The smallest absolute Gasteiger partial charge is 0.402 e. The normalized spacial score (nSPS) is 15.5. The maximum atomic E-state index is 8.97. The molecule has 0 saturated carbocycles. The number of nitrogens with zero attached hydrogens (tertiary/aromatic N) is 2. The van der Waals surface area contributed by atoms with Gasteiger partial charge in [-0.15, -0.1) is 0 Å². The van der Waals surface area contributed by atoms with Crippen LogP contribution in [0.1, 0.15) is 61.6 Å². The quantitative estimate of drug-likeness (QED) is 0.246. The summed E-state index contributed by atoms with van der Waals surface area (Å²) in [5.41, 5.74) is 3.30. The lowest BCUT2D eigenvalue weighted by Crippen LogP contribution is -2.34. The summed E-state index contributed by atoms with van der Waals surface area (Å²) in [5, 5.41) is 17.9. The highest BCUT2D eigenvalue weighted by Gasteiger charge is 2.35. The van der Waals surface area contributed by atoms with E-state index in [1.165, 1.54) is 67.7 Å². The molecule has 5 nitrogen and oxygen atoms in total. The molecule has 0 amide bonds. The van der Waals surface area contributed by atoms with Crippen LogP contribution in [0.25, 0.3) is 0 Å². The van der Waals surface area contributed by atoms with Gasteiger partial charge < -0.3 is 19.6 Å². The Morgan fingerprint density at radius 3 is 1.81 bits per heavy atom. The minimum atomic E-state index is -1.73. The van der Waals surface area contributed by atoms with Gasteiger partial charge in [-0.2, -0.15) is 0 Å². The van der Waals surface area contributed by atoms with E-state index in [1.807, 2.05) is 18.2 Å². The zero-order valence-electron chi connectivity index (χ0n) is 21.7. The van der Waals surface area contributed by atoms with Gasteiger partial charge >= 0.3 is 7.32 Å². The van der Waals surface area contributed by atoms with Crippen LogP contribution in [0.3, 0.4) is 0 Å². The molecule has 194 valence electrons. The number of amidine groups is 1. The number of benzene rings is 3. The standard InChI is InChI=1S/C22H23BO3.C9H16N2/c24-23(25)26-18-10-17-22(19-11-4-1-5-12-19,20-13-6-2-7-14-20)21-15-8-3-9-16-21;1-2-5-9-10-6-4-8-11(9)7-3-1/h1-9,11-16,24-25H,10,17-18H2;1-8H2. The molecule has 1 fully saturated rings.